The lowest BCUT2D eigenvalue weighted by Gasteiger charge is -2.23. The highest BCUT2D eigenvalue weighted by molar-refractivity contribution is 9.10. The number of sulfonamides is 1. The predicted octanol–water partition coefficient (Wildman–Crippen LogP) is 1.31. The molecule has 1 aliphatic rings. The number of nitrogens with one attached hydrogen (secondary N) is 1. The molecule has 1 saturated heterocycles. The summed E-state index contributed by atoms with van der Waals surface area (Å²) in [4.78, 5) is 14.2. The molecule has 1 aliphatic heterocycles. The van der Waals surface area contributed by atoms with E-state index in [1.54, 1.807) is 17.0 Å². The molecule has 1 heterocycles. The molecule has 0 radical (unpaired) electrons. The standard InChI is InChI=1S/C14H20BrN3O3S.ClH/c1-17(11-14(19)18-9-2-7-16-8-10-18)22(20,21)13-5-3-12(15)4-6-13;/h3-6,16H,2,7-11H2,1H3;1H. The molecule has 1 aromatic carbocycles. The number of amides is 1. The second kappa shape index (κ2) is 8.98. The summed E-state index contributed by atoms with van der Waals surface area (Å²) in [5, 5.41) is 3.22. The molecule has 0 unspecified atom stereocenters. The molecular formula is C14H21BrClN3O3S. The highest BCUT2D eigenvalue weighted by Gasteiger charge is 2.25. The third-order valence-electron chi connectivity index (χ3n) is 3.57. The second-order valence-electron chi connectivity index (χ2n) is 5.20. The second-order valence-corrected chi connectivity index (χ2v) is 8.16. The zero-order valence-electron chi connectivity index (χ0n) is 12.9. The van der Waals surface area contributed by atoms with Crippen LogP contribution in [0.25, 0.3) is 0 Å². The third-order valence-corrected chi connectivity index (χ3v) is 5.92. The zero-order valence-corrected chi connectivity index (χ0v) is 16.1. The molecule has 0 spiro atoms. The van der Waals surface area contributed by atoms with Gasteiger partial charge in [0, 0.05) is 31.2 Å². The Morgan fingerprint density at radius 2 is 1.91 bits per heavy atom. The Morgan fingerprint density at radius 3 is 2.57 bits per heavy atom. The van der Waals surface area contributed by atoms with E-state index in [9.17, 15) is 13.2 Å². The van der Waals surface area contributed by atoms with Gasteiger partial charge < -0.3 is 10.2 Å². The van der Waals surface area contributed by atoms with Crippen molar-refractivity contribution in [1.29, 1.82) is 0 Å². The van der Waals surface area contributed by atoms with E-state index >= 15 is 0 Å². The Labute approximate surface area is 151 Å². The van der Waals surface area contributed by atoms with Crippen molar-refractivity contribution in [2.75, 3.05) is 39.8 Å². The van der Waals surface area contributed by atoms with Crippen LogP contribution in [0, 0.1) is 0 Å². The minimum absolute atomic E-state index is 0. The first-order chi connectivity index (χ1) is 10.4. The summed E-state index contributed by atoms with van der Waals surface area (Å²) >= 11 is 3.27. The van der Waals surface area contributed by atoms with E-state index in [2.05, 4.69) is 21.2 Å². The summed E-state index contributed by atoms with van der Waals surface area (Å²) in [6.07, 6.45) is 0.884. The van der Waals surface area contributed by atoms with Crippen LogP contribution in [-0.2, 0) is 14.8 Å². The molecule has 0 bridgehead atoms. The fraction of sp³-hybridized carbons (Fsp3) is 0.500. The Hall–Kier alpha value is -0.670. The van der Waals surface area contributed by atoms with Gasteiger partial charge in [0.05, 0.1) is 11.4 Å². The van der Waals surface area contributed by atoms with Crippen LogP contribution in [0.15, 0.2) is 33.6 Å². The molecule has 0 saturated carbocycles. The lowest BCUT2D eigenvalue weighted by Crippen LogP contribution is -2.42. The average molecular weight is 427 g/mol. The lowest BCUT2D eigenvalue weighted by molar-refractivity contribution is -0.131. The van der Waals surface area contributed by atoms with Crippen molar-refractivity contribution >= 4 is 44.3 Å². The van der Waals surface area contributed by atoms with E-state index in [0.717, 1.165) is 28.3 Å². The van der Waals surface area contributed by atoms with Crippen molar-refractivity contribution in [1.82, 2.24) is 14.5 Å². The molecule has 1 N–H and O–H groups in total. The van der Waals surface area contributed by atoms with Gasteiger partial charge in [-0.05, 0) is 37.2 Å². The van der Waals surface area contributed by atoms with E-state index in [1.165, 1.54) is 19.2 Å². The summed E-state index contributed by atoms with van der Waals surface area (Å²) in [6.45, 7) is 2.77. The van der Waals surface area contributed by atoms with Gasteiger partial charge in [0.15, 0.2) is 0 Å². The van der Waals surface area contributed by atoms with Crippen molar-refractivity contribution in [3.8, 4) is 0 Å². The largest absolute Gasteiger partial charge is 0.340 e. The number of likely N-dealkylation sites (N-methyl/N-ethyl adjacent to an activating group) is 1. The number of hydrogen-bond acceptors (Lipinski definition) is 4. The summed E-state index contributed by atoms with van der Waals surface area (Å²) in [7, 11) is -2.21. The van der Waals surface area contributed by atoms with Crippen molar-refractivity contribution in [2.24, 2.45) is 0 Å². The maximum atomic E-state index is 12.5. The highest BCUT2D eigenvalue weighted by Crippen LogP contribution is 2.18. The molecule has 1 fully saturated rings. The van der Waals surface area contributed by atoms with Crippen molar-refractivity contribution in [3.63, 3.8) is 0 Å². The summed E-state index contributed by atoms with van der Waals surface area (Å²) in [5.41, 5.74) is 0. The zero-order chi connectivity index (χ0) is 16.2. The smallest absolute Gasteiger partial charge is 0.243 e. The van der Waals surface area contributed by atoms with Gasteiger partial charge in [-0.3, -0.25) is 4.79 Å². The molecule has 1 amide bonds. The summed E-state index contributed by atoms with van der Waals surface area (Å²) in [5.74, 6) is -0.160. The lowest BCUT2D eigenvalue weighted by atomic mass is 10.4. The number of nitrogens with zero attached hydrogens (tertiary/aromatic N) is 2. The molecule has 1 aromatic rings. The maximum absolute atomic E-state index is 12.5. The number of hydrogen-bond donors (Lipinski definition) is 1. The van der Waals surface area contributed by atoms with Crippen LogP contribution < -0.4 is 5.32 Å². The van der Waals surface area contributed by atoms with Crippen LogP contribution in [-0.4, -0.2) is 63.3 Å². The van der Waals surface area contributed by atoms with Gasteiger partial charge >= 0.3 is 0 Å². The summed E-state index contributed by atoms with van der Waals surface area (Å²) in [6, 6.07) is 6.39. The highest BCUT2D eigenvalue weighted by atomic mass is 79.9. The third kappa shape index (κ3) is 5.42. The van der Waals surface area contributed by atoms with E-state index in [0.29, 0.717) is 13.1 Å². The van der Waals surface area contributed by atoms with Gasteiger partial charge in [-0.25, -0.2) is 8.42 Å². The van der Waals surface area contributed by atoms with E-state index in [-0.39, 0.29) is 29.8 Å². The van der Waals surface area contributed by atoms with Crippen LogP contribution in [0.3, 0.4) is 0 Å². The number of carbonyl (C=O) groups is 1. The minimum Gasteiger partial charge on any atom is -0.340 e. The van der Waals surface area contributed by atoms with E-state index in [1.807, 2.05) is 0 Å². The van der Waals surface area contributed by atoms with Crippen LogP contribution in [0.2, 0.25) is 0 Å². The number of benzene rings is 1. The van der Waals surface area contributed by atoms with Crippen LogP contribution >= 0.6 is 28.3 Å². The van der Waals surface area contributed by atoms with Crippen molar-refractivity contribution in [3.05, 3.63) is 28.7 Å². The van der Waals surface area contributed by atoms with Crippen LogP contribution in [0.1, 0.15) is 6.42 Å². The van der Waals surface area contributed by atoms with Gasteiger partial charge in [0.1, 0.15) is 0 Å². The van der Waals surface area contributed by atoms with E-state index in [4.69, 9.17) is 0 Å². The molecule has 0 aromatic heterocycles. The molecule has 9 heteroatoms. The topological polar surface area (TPSA) is 69.7 Å². The first-order valence-corrected chi connectivity index (χ1v) is 9.35. The fourth-order valence-corrected chi connectivity index (χ4v) is 3.64. The Balaban J connectivity index is 0.00000264. The van der Waals surface area contributed by atoms with Gasteiger partial charge in [0.2, 0.25) is 15.9 Å². The van der Waals surface area contributed by atoms with Crippen molar-refractivity contribution < 1.29 is 13.2 Å². The first-order valence-electron chi connectivity index (χ1n) is 7.11. The van der Waals surface area contributed by atoms with Crippen molar-refractivity contribution in [2.45, 2.75) is 11.3 Å². The average Bonchev–Trinajstić information content (AvgIpc) is 2.76. The predicted molar refractivity (Wildman–Crippen MR) is 95.3 cm³/mol. The first kappa shape index (κ1) is 20.4. The molecule has 0 atom stereocenters. The van der Waals surface area contributed by atoms with Gasteiger partial charge in [-0.2, -0.15) is 4.31 Å². The van der Waals surface area contributed by atoms with E-state index < -0.39 is 10.0 Å². The van der Waals surface area contributed by atoms with Crippen LogP contribution in [0.5, 0.6) is 0 Å². The SMILES string of the molecule is CN(CC(=O)N1CCCNCC1)S(=O)(=O)c1ccc(Br)cc1.Cl. The molecule has 130 valence electrons. The quantitative estimate of drug-likeness (QED) is 0.788. The normalized spacial score (nSPS) is 15.9. The number of rotatable bonds is 4. The van der Waals surface area contributed by atoms with Gasteiger partial charge in [-0.1, -0.05) is 15.9 Å². The molecule has 23 heavy (non-hydrogen) atoms. The molecule has 0 aliphatic carbocycles. The Bertz CT molecular complexity index is 617. The number of halogens is 2. The van der Waals surface area contributed by atoms with Gasteiger partial charge in [-0.15, -0.1) is 12.4 Å². The number of carbonyl (C=O) groups excluding carboxylic acids is 1. The maximum Gasteiger partial charge on any atom is 0.243 e. The summed E-state index contributed by atoms with van der Waals surface area (Å²) < 4.78 is 26.8. The molecule has 2 rings (SSSR count). The van der Waals surface area contributed by atoms with Crippen LogP contribution in [0.4, 0.5) is 0 Å². The monoisotopic (exact) mass is 425 g/mol. The molecule has 6 nitrogen and oxygen atoms in total. The minimum atomic E-state index is -3.65. The Morgan fingerprint density at radius 1 is 1.26 bits per heavy atom. The Kier molecular flexibility index (Phi) is 7.96. The fourth-order valence-electron chi connectivity index (χ4n) is 2.26. The molecular weight excluding hydrogens is 406 g/mol. The van der Waals surface area contributed by atoms with Gasteiger partial charge in [0.25, 0.3) is 0 Å².